The lowest BCUT2D eigenvalue weighted by atomic mass is 9.85. The van der Waals surface area contributed by atoms with Gasteiger partial charge in [0.1, 0.15) is 0 Å². The van der Waals surface area contributed by atoms with Gasteiger partial charge < -0.3 is 5.11 Å². The van der Waals surface area contributed by atoms with E-state index in [-0.39, 0.29) is 5.41 Å². The van der Waals surface area contributed by atoms with Crippen LogP contribution in [-0.4, -0.2) is 5.11 Å². The van der Waals surface area contributed by atoms with E-state index in [0.29, 0.717) is 0 Å². The van der Waals surface area contributed by atoms with E-state index in [1.807, 2.05) is 6.07 Å². The molecular formula is C17H22O. The van der Waals surface area contributed by atoms with Crippen LogP contribution in [0.3, 0.4) is 0 Å². The van der Waals surface area contributed by atoms with Gasteiger partial charge in [-0.05, 0) is 40.7 Å². The molecule has 0 bridgehead atoms. The Labute approximate surface area is 109 Å². The van der Waals surface area contributed by atoms with Crippen molar-refractivity contribution < 1.29 is 5.11 Å². The van der Waals surface area contributed by atoms with Crippen molar-refractivity contribution >= 4 is 10.8 Å². The summed E-state index contributed by atoms with van der Waals surface area (Å²) in [5, 5.41) is 12.9. The van der Waals surface area contributed by atoms with Crippen molar-refractivity contribution in [3.63, 3.8) is 0 Å². The van der Waals surface area contributed by atoms with Gasteiger partial charge in [-0.15, -0.1) is 0 Å². The quantitative estimate of drug-likeness (QED) is 0.814. The van der Waals surface area contributed by atoms with Crippen molar-refractivity contribution in [2.45, 2.75) is 40.2 Å². The summed E-state index contributed by atoms with van der Waals surface area (Å²) in [5.41, 5.74) is 2.44. The predicted octanol–water partition coefficient (Wildman–Crippen LogP) is 4.62. The van der Waals surface area contributed by atoms with Crippen molar-refractivity contribution in [2.24, 2.45) is 5.41 Å². The molecule has 0 aliphatic heterocycles. The molecule has 1 N–H and O–H groups in total. The number of rotatable bonds is 2. The highest BCUT2D eigenvalue weighted by atomic mass is 16.3. The molecule has 18 heavy (non-hydrogen) atoms. The number of benzene rings is 2. The van der Waals surface area contributed by atoms with E-state index in [9.17, 15) is 5.11 Å². The molecule has 0 amide bonds. The zero-order valence-corrected chi connectivity index (χ0v) is 11.7. The van der Waals surface area contributed by atoms with Gasteiger partial charge in [0.2, 0.25) is 0 Å². The average Bonchev–Trinajstić information content (AvgIpc) is 2.27. The van der Waals surface area contributed by atoms with Crippen LogP contribution in [0.5, 0.6) is 0 Å². The fourth-order valence-corrected chi connectivity index (χ4v) is 2.45. The van der Waals surface area contributed by atoms with Gasteiger partial charge in [0.05, 0.1) is 6.10 Å². The molecule has 0 spiro atoms. The molecule has 2 aromatic rings. The average molecular weight is 242 g/mol. The molecule has 0 aromatic heterocycles. The summed E-state index contributed by atoms with van der Waals surface area (Å²) in [6, 6.07) is 12.5. The molecule has 1 nitrogen and oxygen atoms in total. The first-order valence-corrected chi connectivity index (χ1v) is 6.55. The van der Waals surface area contributed by atoms with Crippen LogP contribution in [0.4, 0.5) is 0 Å². The molecule has 0 radical (unpaired) electrons. The zero-order chi connectivity index (χ0) is 13.3. The van der Waals surface area contributed by atoms with Crippen LogP contribution in [0.2, 0.25) is 0 Å². The largest absolute Gasteiger partial charge is 0.388 e. The van der Waals surface area contributed by atoms with Crippen LogP contribution < -0.4 is 0 Å². The SMILES string of the molecule is Cc1ccc(C(O)CC(C)(C)C)c2ccccc12. The fraction of sp³-hybridized carbons (Fsp3) is 0.412. The number of hydrogen-bond donors (Lipinski definition) is 1. The van der Waals surface area contributed by atoms with Crippen LogP contribution in [-0.2, 0) is 0 Å². The molecule has 2 aromatic carbocycles. The summed E-state index contributed by atoms with van der Waals surface area (Å²) in [6.07, 6.45) is 0.385. The fourth-order valence-electron chi connectivity index (χ4n) is 2.45. The van der Waals surface area contributed by atoms with Gasteiger partial charge in [-0.2, -0.15) is 0 Å². The number of aryl methyl sites for hydroxylation is 1. The first-order chi connectivity index (χ1) is 8.38. The smallest absolute Gasteiger partial charge is 0.0801 e. The summed E-state index contributed by atoms with van der Waals surface area (Å²) in [7, 11) is 0. The van der Waals surface area contributed by atoms with E-state index in [4.69, 9.17) is 0 Å². The standard InChI is InChI=1S/C17H22O/c1-12-9-10-15(16(18)11-17(2,3)4)14-8-6-5-7-13(12)14/h5-10,16,18H,11H2,1-4H3. The lowest BCUT2D eigenvalue weighted by Gasteiger charge is -2.23. The molecular weight excluding hydrogens is 220 g/mol. The molecule has 0 saturated heterocycles. The van der Waals surface area contributed by atoms with Gasteiger partial charge in [0, 0.05) is 0 Å². The molecule has 2 rings (SSSR count). The summed E-state index contributed by atoms with van der Waals surface area (Å²) in [4.78, 5) is 0. The Hall–Kier alpha value is -1.34. The van der Waals surface area contributed by atoms with Crippen molar-refractivity contribution in [1.82, 2.24) is 0 Å². The molecule has 1 atom stereocenters. The van der Waals surface area contributed by atoms with Gasteiger partial charge in [-0.3, -0.25) is 0 Å². The minimum absolute atomic E-state index is 0.130. The highest BCUT2D eigenvalue weighted by Crippen LogP contribution is 2.33. The van der Waals surface area contributed by atoms with Crippen molar-refractivity contribution in [1.29, 1.82) is 0 Å². The van der Waals surface area contributed by atoms with Crippen LogP contribution in [0.1, 0.15) is 44.4 Å². The second kappa shape index (κ2) is 4.74. The molecule has 96 valence electrons. The van der Waals surface area contributed by atoms with E-state index < -0.39 is 6.10 Å². The molecule has 0 aliphatic carbocycles. The van der Waals surface area contributed by atoms with Gasteiger partial charge in [0.25, 0.3) is 0 Å². The topological polar surface area (TPSA) is 20.2 Å². The predicted molar refractivity (Wildman–Crippen MR) is 77.7 cm³/mol. The first kappa shape index (κ1) is 13.1. The molecule has 0 aliphatic rings. The van der Waals surface area contributed by atoms with Crippen LogP contribution in [0, 0.1) is 12.3 Å². The van der Waals surface area contributed by atoms with Gasteiger partial charge in [0.15, 0.2) is 0 Å². The Morgan fingerprint density at radius 2 is 1.61 bits per heavy atom. The molecule has 0 fully saturated rings. The van der Waals surface area contributed by atoms with E-state index >= 15 is 0 Å². The van der Waals surface area contributed by atoms with Gasteiger partial charge in [-0.25, -0.2) is 0 Å². The normalized spacial score (nSPS) is 13.8. The third-order valence-corrected chi connectivity index (χ3v) is 3.34. The maximum atomic E-state index is 10.4. The van der Waals surface area contributed by atoms with E-state index in [0.717, 1.165) is 12.0 Å². The van der Waals surface area contributed by atoms with Crippen molar-refractivity contribution in [2.75, 3.05) is 0 Å². The van der Waals surface area contributed by atoms with Gasteiger partial charge in [-0.1, -0.05) is 57.2 Å². The molecule has 0 heterocycles. The summed E-state index contributed by atoms with van der Waals surface area (Å²) in [5.74, 6) is 0. The molecule has 0 saturated carbocycles. The van der Waals surface area contributed by atoms with E-state index in [2.05, 4.69) is 58.0 Å². The number of hydrogen-bond acceptors (Lipinski definition) is 1. The Bertz CT molecular complexity index is 549. The molecule has 1 heteroatoms. The number of aliphatic hydroxyl groups excluding tert-OH is 1. The van der Waals surface area contributed by atoms with E-state index in [1.54, 1.807) is 0 Å². The third-order valence-electron chi connectivity index (χ3n) is 3.34. The lowest BCUT2D eigenvalue weighted by molar-refractivity contribution is 0.123. The Morgan fingerprint density at radius 1 is 1.00 bits per heavy atom. The number of aliphatic hydroxyl groups is 1. The highest BCUT2D eigenvalue weighted by molar-refractivity contribution is 5.88. The maximum absolute atomic E-state index is 10.4. The maximum Gasteiger partial charge on any atom is 0.0801 e. The van der Waals surface area contributed by atoms with Crippen LogP contribution in [0.15, 0.2) is 36.4 Å². The van der Waals surface area contributed by atoms with Crippen LogP contribution in [0.25, 0.3) is 10.8 Å². The summed E-state index contributed by atoms with van der Waals surface area (Å²) >= 11 is 0. The first-order valence-electron chi connectivity index (χ1n) is 6.55. The molecule has 1 unspecified atom stereocenters. The van der Waals surface area contributed by atoms with E-state index in [1.165, 1.54) is 16.3 Å². The minimum atomic E-state index is -0.393. The van der Waals surface area contributed by atoms with Crippen molar-refractivity contribution in [3.05, 3.63) is 47.5 Å². The minimum Gasteiger partial charge on any atom is -0.388 e. The third kappa shape index (κ3) is 2.73. The zero-order valence-electron chi connectivity index (χ0n) is 11.7. The summed E-state index contributed by atoms with van der Waals surface area (Å²) in [6.45, 7) is 8.59. The van der Waals surface area contributed by atoms with Gasteiger partial charge >= 0.3 is 0 Å². The Morgan fingerprint density at radius 3 is 2.22 bits per heavy atom. The number of fused-ring (bicyclic) bond motifs is 1. The second-order valence-corrected chi connectivity index (χ2v) is 6.30. The summed E-state index contributed by atoms with van der Waals surface area (Å²) < 4.78 is 0. The Balaban J connectivity index is 2.49. The Kier molecular flexibility index (Phi) is 3.45. The monoisotopic (exact) mass is 242 g/mol. The highest BCUT2D eigenvalue weighted by Gasteiger charge is 2.19. The second-order valence-electron chi connectivity index (χ2n) is 6.30. The lowest BCUT2D eigenvalue weighted by Crippen LogP contribution is -2.12. The van der Waals surface area contributed by atoms with Crippen molar-refractivity contribution in [3.8, 4) is 0 Å². The van der Waals surface area contributed by atoms with Crippen LogP contribution >= 0.6 is 0 Å².